The number of nitrogens with one attached hydrogen (secondary N) is 1. The third kappa shape index (κ3) is 1.38. The lowest BCUT2D eigenvalue weighted by Gasteiger charge is -2.46. The zero-order valence-electron chi connectivity index (χ0n) is 8.10. The normalized spacial score (nSPS) is 40.5. The van der Waals surface area contributed by atoms with Crippen molar-refractivity contribution in [3.63, 3.8) is 0 Å². The largest absolute Gasteiger partial charge is 0.375 e. The fourth-order valence-electron chi connectivity index (χ4n) is 2.60. The van der Waals surface area contributed by atoms with Crippen molar-refractivity contribution in [3.8, 4) is 0 Å². The minimum atomic E-state index is 0.434. The molecule has 0 aromatic carbocycles. The molecule has 2 heteroatoms. The van der Waals surface area contributed by atoms with E-state index < -0.39 is 0 Å². The van der Waals surface area contributed by atoms with Crippen molar-refractivity contribution >= 4 is 0 Å². The van der Waals surface area contributed by atoms with Gasteiger partial charge in [-0.3, -0.25) is 0 Å². The Morgan fingerprint density at radius 3 is 3.00 bits per heavy atom. The Hall–Kier alpha value is -0.0800. The molecule has 2 nitrogen and oxygen atoms in total. The summed E-state index contributed by atoms with van der Waals surface area (Å²) in [5, 5.41) is 3.59. The molecule has 1 saturated heterocycles. The van der Waals surface area contributed by atoms with Crippen molar-refractivity contribution in [2.75, 3.05) is 13.2 Å². The predicted molar refractivity (Wildman–Crippen MR) is 49.2 cm³/mol. The van der Waals surface area contributed by atoms with E-state index in [1.54, 1.807) is 0 Å². The molecule has 2 fully saturated rings. The Kier molecular flexibility index (Phi) is 2.13. The summed E-state index contributed by atoms with van der Waals surface area (Å²) in [6.07, 6.45) is 4.41. The number of ether oxygens (including phenoxy) is 1. The van der Waals surface area contributed by atoms with Crippen molar-refractivity contribution < 1.29 is 4.74 Å². The van der Waals surface area contributed by atoms with E-state index in [4.69, 9.17) is 4.74 Å². The van der Waals surface area contributed by atoms with Gasteiger partial charge in [-0.25, -0.2) is 0 Å². The Balaban J connectivity index is 2.09. The van der Waals surface area contributed by atoms with E-state index in [1.165, 1.54) is 19.3 Å². The number of rotatable bonds is 0. The minimum Gasteiger partial charge on any atom is -0.375 e. The Morgan fingerprint density at radius 2 is 2.25 bits per heavy atom. The standard InChI is InChI=1S/C10H19NO/c1-10(2)5-3-4-8-9(10)11-6-7-12-8/h8-9,11H,3-7H2,1-2H3/t8-,9-/m1/s1. The molecule has 0 spiro atoms. The molecule has 1 heterocycles. The maximum absolute atomic E-state index is 5.75. The van der Waals surface area contributed by atoms with E-state index in [1.807, 2.05) is 0 Å². The van der Waals surface area contributed by atoms with E-state index in [-0.39, 0.29) is 0 Å². The van der Waals surface area contributed by atoms with E-state index in [9.17, 15) is 0 Å². The SMILES string of the molecule is CC1(C)CCC[C@H]2OCCN[C@H]21. The number of hydrogen-bond acceptors (Lipinski definition) is 2. The van der Waals surface area contributed by atoms with Crippen LogP contribution in [0.5, 0.6) is 0 Å². The zero-order chi connectivity index (χ0) is 8.60. The third-order valence-electron chi connectivity index (χ3n) is 3.32. The van der Waals surface area contributed by atoms with E-state index in [2.05, 4.69) is 19.2 Å². The molecule has 0 radical (unpaired) electrons. The van der Waals surface area contributed by atoms with Crippen LogP contribution in [0.1, 0.15) is 33.1 Å². The van der Waals surface area contributed by atoms with Crippen LogP contribution in [0.25, 0.3) is 0 Å². The lowest BCUT2D eigenvalue weighted by Crippen LogP contribution is -2.57. The third-order valence-corrected chi connectivity index (χ3v) is 3.32. The van der Waals surface area contributed by atoms with Crippen LogP contribution in [0, 0.1) is 5.41 Å². The minimum absolute atomic E-state index is 0.434. The molecule has 70 valence electrons. The lowest BCUT2D eigenvalue weighted by molar-refractivity contribution is -0.0653. The van der Waals surface area contributed by atoms with Crippen LogP contribution in [-0.4, -0.2) is 25.3 Å². The molecule has 2 rings (SSSR count). The molecule has 0 unspecified atom stereocenters. The van der Waals surface area contributed by atoms with Crippen molar-refractivity contribution in [1.82, 2.24) is 5.32 Å². The summed E-state index contributed by atoms with van der Waals surface area (Å²) in [5.41, 5.74) is 0.434. The highest BCUT2D eigenvalue weighted by Crippen LogP contribution is 2.37. The van der Waals surface area contributed by atoms with Crippen LogP contribution in [0.15, 0.2) is 0 Å². The average Bonchev–Trinajstić information content (AvgIpc) is 2.04. The zero-order valence-corrected chi connectivity index (χ0v) is 8.10. The van der Waals surface area contributed by atoms with Gasteiger partial charge in [-0.15, -0.1) is 0 Å². The summed E-state index contributed by atoms with van der Waals surface area (Å²) >= 11 is 0. The molecule has 2 atom stereocenters. The Morgan fingerprint density at radius 1 is 1.42 bits per heavy atom. The fourth-order valence-corrected chi connectivity index (χ4v) is 2.60. The van der Waals surface area contributed by atoms with Gasteiger partial charge in [-0.05, 0) is 18.3 Å². The molecule has 1 aliphatic heterocycles. The Bertz CT molecular complexity index is 165. The summed E-state index contributed by atoms with van der Waals surface area (Å²) < 4.78 is 5.75. The van der Waals surface area contributed by atoms with Crippen LogP contribution < -0.4 is 5.32 Å². The number of hydrogen-bond donors (Lipinski definition) is 1. The van der Waals surface area contributed by atoms with Gasteiger partial charge in [0, 0.05) is 12.6 Å². The smallest absolute Gasteiger partial charge is 0.0733 e. The van der Waals surface area contributed by atoms with Gasteiger partial charge in [0.15, 0.2) is 0 Å². The van der Waals surface area contributed by atoms with Gasteiger partial charge in [0.05, 0.1) is 12.7 Å². The highest BCUT2D eigenvalue weighted by Gasteiger charge is 2.40. The molecule has 1 saturated carbocycles. The van der Waals surface area contributed by atoms with E-state index in [0.29, 0.717) is 17.6 Å². The molecule has 0 bridgehead atoms. The van der Waals surface area contributed by atoms with Gasteiger partial charge >= 0.3 is 0 Å². The maximum atomic E-state index is 5.75. The molecular formula is C10H19NO. The van der Waals surface area contributed by atoms with Gasteiger partial charge in [-0.1, -0.05) is 20.3 Å². The average molecular weight is 169 g/mol. The summed E-state index contributed by atoms with van der Waals surface area (Å²) in [4.78, 5) is 0. The van der Waals surface area contributed by atoms with Crippen LogP contribution >= 0.6 is 0 Å². The van der Waals surface area contributed by atoms with Crippen molar-refractivity contribution in [2.24, 2.45) is 5.41 Å². The second-order valence-corrected chi connectivity index (χ2v) is 4.72. The van der Waals surface area contributed by atoms with Gasteiger partial charge in [0.1, 0.15) is 0 Å². The van der Waals surface area contributed by atoms with Gasteiger partial charge < -0.3 is 10.1 Å². The highest BCUT2D eigenvalue weighted by molar-refractivity contribution is 4.95. The molecule has 0 aromatic rings. The van der Waals surface area contributed by atoms with Gasteiger partial charge in [0.25, 0.3) is 0 Å². The summed E-state index contributed by atoms with van der Waals surface area (Å²) in [6, 6.07) is 0.597. The molecule has 1 aliphatic carbocycles. The number of morpholine rings is 1. The first-order valence-electron chi connectivity index (χ1n) is 5.05. The lowest BCUT2D eigenvalue weighted by atomic mass is 9.71. The first-order valence-corrected chi connectivity index (χ1v) is 5.05. The van der Waals surface area contributed by atoms with Crippen LogP contribution in [0.2, 0.25) is 0 Å². The van der Waals surface area contributed by atoms with Gasteiger partial charge in [0.2, 0.25) is 0 Å². The van der Waals surface area contributed by atoms with Gasteiger partial charge in [-0.2, -0.15) is 0 Å². The molecule has 0 amide bonds. The predicted octanol–water partition coefficient (Wildman–Crippen LogP) is 1.55. The molecule has 12 heavy (non-hydrogen) atoms. The molecule has 1 N–H and O–H groups in total. The molecular weight excluding hydrogens is 150 g/mol. The van der Waals surface area contributed by atoms with Crippen molar-refractivity contribution in [3.05, 3.63) is 0 Å². The number of fused-ring (bicyclic) bond motifs is 1. The fraction of sp³-hybridized carbons (Fsp3) is 1.00. The first kappa shape index (κ1) is 8.52. The molecule has 2 aliphatic rings. The Labute approximate surface area is 74.7 Å². The monoisotopic (exact) mass is 169 g/mol. The topological polar surface area (TPSA) is 21.3 Å². The maximum Gasteiger partial charge on any atom is 0.0733 e. The van der Waals surface area contributed by atoms with Crippen molar-refractivity contribution in [1.29, 1.82) is 0 Å². The summed E-state index contributed by atoms with van der Waals surface area (Å²) in [7, 11) is 0. The van der Waals surface area contributed by atoms with Crippen LogP contribution in [0.3, 0.4) is 0 Å². The molecule has 0 aromatic heterocycles. The highest BCUT2D eigenvalue weighted by atomic mass is 16.5. The second kappa shape index (κ2) is 3.00. The van der Waals surface area contributed by atoms with Crippen molar-refractivity contribution in [2.45, 2.75) is 45.3 Å². The quantitative estimate of drug-likeness (QED) is 0.594. The van der Waals surface area contributed by atoms with E-state index >= 15 is 0 Å². The first-order chi connectivity index (χ1) is 5.70. The van der Waals surface area contributed by atoms with Crippen LogP contribution in [0.4, 0.5) is 0 Å². The summed E-state index contributed by atoms with van der Waals surface area (Å²) in [6.45, 7) is 6.64. The van der Waals surface area contributed by atoms with E-state index in [0.717, 1.165) is 13.2 Å². The van der Waals surface area contributed by atoms with Crippen LogP contribution in [-0.2, 0) is 4.74 Å². The summed E-state index contributed by atoms with van der Waals surface area (Å²) in [5.74, 6) is 0. The second-order valence-electron chi connectivity index (χ2n) is 4.72.